The Hall–Kier alpha value is -1.97. The van der Waals surface area contributed by atoms with Crippen molar-refractivity contribution in [3.05, 3.63) is 27.4 Å². The second kappa shape index (κ2) is 12.5. The number of aliphatic hydroxyl groups excluding tert-OH is 1. The van der Waals surface area contributed by atoms with E-state index in [-0.39, 0.29) is 4.77 Å². The van der Waals surface area contributed by atoms with Crippen molar-refractivity contribution in [2.45, 2.75) is 58.7 Å². The molecular weight excluding hydrogens is 523 g/mol. The monoisotopic (exact) mass is 554 g/mol. The Morgan fingerprint density at radius 3 is 2.17 bits per heavy atom. The number of carbonyl (C=O) groups is 2. The van der Waals surface area contributed by atoms with Gasteiger partial charge in [0.1, 0.15) is 17.8 Å². The average Bonchev–Trinajstić information content (AvgIpc) is 3.01. The number of nitrogens with one attached hydrogen (secondary N) is 1. The summed E-state index contributed by atoms with van der Waals surface area (Å²) in [5, 5.41) is 21.5. The van der Waals surface area contributed by atoms with Gasteiger partial charge in [-0.25, -0.2) is 13.6 Å². The number of ether oxygens (including phenoxy) is 3. The van der Waals surface area contributed by atoms with Gasteiger partial charge in [-0.15, -0.1) is 0 Å². The number of hydrogen-bond donors (Lipinski definition) is 3. The summed E-state index contributed by atoms with van der Waals surface area (Å²) in [7, 11) is -4.52. The molecule has 0 amide bonds. The second-order valence-electron chi connectivity index (χ2n) is 8.69. The van der Waals surface area contributed by atoms with E-state index in [1.165, 1.54) is 17.7 Å². The molecule has 0 radical (unpaired) electrons. The number of phosphoric acid groups is 1. The number of aliphatic hydroxyl groups is 2. The molecule has 4 atom stereocenters. The van der Waals surface area contributed by atoms with E-state index in [2.05, 4.69) is 4.98 Å². The zero-order chi connectivity index (χ0) is 27.3. The fraction of sp³-hybridized carbons (Fsp3) is 0.700. The summed E-state index contributed by atoms with van der Waals surface area (Å²) in [4.78, 5) is 37.1. The van der Waals surface area contributed by atoms with Crippen molar-refractivity contribution in [2.75, 3.05) is 20.2 Å². The van der Waals surface area contributed by atoms with Gasteiger partial charge in [0.05, 0.1) is 18.4 Å². The molecule has 16 heteroatoms. The first-order chi connectivity index (χ1) is 16.7. The number of aromatic amines is 1. The minimum Gasteiger partial charge on any atom is -0.438 e. The van der Waals surface area contributed by atoms with Crippen molar-refractivity contribution in [3.8, 4) is 0 Å². The normalized spacial score (nSPS) is 24.3. The molecule has 3 N–H and O–H groups in total. The van der Waals surface area contributed by atoms with E-state index in [0.29, 0.717) is 0 Å². The topological polar surface area (TPSA) is 185 Å². The highest BCUT2D eigenvalue weighted by atomic mass is 32.1. The minimum atomic E-state index is -4.52. The van der Waals surface area contributed by atoms with Crippen molar-refractivity contribution in [1.82, 2.24) is 9.55 Å². The highest BCUT2D eigenvalue weighted by Crippen LogP contribution is 2.50. The van der Waals surface area contributed by atoms with Crippen LogP contribution in [0, 0.1) is 16.6 Å². The van der Waals surface area contributed by atoms with Crippen LogP contribution in [0.1, 0.15) is 40.8 Å². The molecule has 14 nitrogen and oxygen atoms in total. The maximum Gasteiger partial charge on any atom is 0.480 e. The van der Waals surface area contributed by atoms with Crippen molar-refractivity contribution < 1.29 is 52.1 Å². The molecule has 0 aliphatic carbocycles. The van der Waals surface area contributed by atoms with Crippen LogP contribution in [0.4, 0.5) is 0 Å². The van der Waals surface area contributed by atoms with Crippen LogP contribution < -0.4 is 5.56 Å². The Morgan fingerprint density at radius 1 is 1.17 bits per heavy atom. The van der Waals surface area contributed by atoms with Crippen molar-refractivity contribution in [1.29, 1.82) is 0 Å². The van der Waals surface area contributed by atoms with Crippen LogP contribution >= 0.6 is 20.0 Å². The van der Waals surface area contributed by atoms with Gasteiger partial charge in [0, 0.05) is 12.3 Å². The van der Waals surface area contributed by atoms with Gasteiger partial charge in [0.15, 0.2) is 11.0 Å². The largest absolute Gasteiger partial charge is 0.480 e. The number of esters is 2. The standard InChI is InChI=1S/C20H31N2O12PS/c1-11(2)16(25)29-9-32-35(28,33-10-30-17(26)12(3)4)31-8-13-15(24)20(5,27)18(34-13)22-7-6-14(23)21-19(22)36/h6-7,11-13,15,18,24,27H,8-10H2,1-5H3,(H,21,23,36)/t13-,15+,18-,20?/m1/s1. The molecule has 1 aromatic heterocycles. The minimum absolute atomic E-state index is 0.0715. The highest BCUT2D eigenvalue weighted by molar-refractivity contribution is 7.71. The predicted molar refractivity (Wildman–Crippen MR) is 124 cm³/mol. The summed E-state index contributed by atoms with van der Waals surface area (Å²) in [6, 6.07) is 1.15. The first-order valence-corrected chi connectivity index (χ1v) is 12.8. The molecular formula is C20H31N2O12PS. The van der Waals surface area contributed by atoms with E-state index in [1.807, 2.05) is 0 Å². The number of phosphoric ester groups is 1. The smallest absolute Gasteiger partial charge is 0.438 e. The van der Waals surface area contributed by atoms with Crippen LogP contribution in [-0.4, -0.2) is 69.7 Å². The molecule has 1 saturated heterocycles. The molecule has 1 unspecified atom stereocenters. The first-order valence-electron chi connectivity index (χ1n) is 10.9. The zero-order valence-corrected chi connectivity index (χ0v) is 22.2. The quantitative estimate of drug-likeness (QED) is 0.146. The maximum absolute atomic E-state index is 13.1. The molecule has 1 aliphatic rings. The summed E-state index contributed by atoms with van der Waals surface area (Å²) >= 11 is 5.09. The third-order valence-electron chi connectivity index (χ3n) is 5.02. The maximum atomic E-state index is 13.1. The average molecular weight is 555 g/mol. The summed E-state index contributed by atoms with van der Waals surface area (Å²) in [5.74, 6) is -2.25. The molecule has 0 aromatic carbocycles. The van der Waals surface area contributed by atoms with Crippen LogP contribution in [0.15, 0.2) is 17.1 Å². The van der Waals surface area contributed by atoms with E-state index >= 15 is 0 Å². The van der Waals surface area contributed by atoms with E-state index in [0.717, 1.165) is 6.07 Å². The van der Waals surface area contributed by atoms with Crippen molar-refractivity contribution in [3.63, 3.8) is 0 Å². The summed E-state index contributed by atoms with van der Waals surface area (Å²) in [5.41, 5.74) is -2.38. The Labute approximate surface area is 212 Å². The van der Waals surface area contributed by atoms with E-state index in [1.54, 1.807) is 27.7 Å². The van der Waals surface area contributed by atoms with Gasteiger partial charge in [-0.3, -0.25) is 28.5 Å². The van der Waals surface area contributed by atoms with Crippen LogP contribution in [-0.2, 0) is 41.9 Å². The Kier molecular flexibility index (Phi) is 10.5. The Bertz CT molecular complexity index is 1050. The summed E-state index contributed by atoms with van der Waals surface area (Å²) in [6.07, 6.45) is -2.80. The number of carbonyl (C=O) groups excluding carboxylic acids is 2. The number of aromatic nitrogens is 2. The van der Waals surface area contributed by atoms with E-state index in [4.69, 9.17) is 40.0 Å². The fourth-order valence-corrected chi connectivity index (χ4v) is 4.07. The number of H-pyrrole nitrogens is 1. The summed E-state index contributed by atoms with van der Waals surface area (Å²) < 4.78 is 44.8. The van der Waals surface area contributed by atoms with E-state index in [9.17, 15) is 29.2 Å². The lowest BCUT2D eigenvalue weighted by Crippen LogP contribution is -2.44. The van der Waals surface area contributed by atoms with Crippen molar-refractivity contribution >= 4 is 32.0 Å². The molecule has 2 heterocycles. The molecule has 0 bridgehead atoms. The lowest BCUT2D eigenvalue weighted by atomic mass is 9.96. The van der Waals surface area contributed by atoms with Crippen LogP contribution in [0.5, 0.6) is 0 Å². The van der Waals surface area contributed by atoms with Crippen LogP contribution in [0.25, 0.3) is 0 Å². The number of rotatable bonds is 12. The molecule has 2 rings (SSSR count). The molecule has 204 valence electrons. The van der Waals surface area contributed by atoms with Gasteiger partial charge in [-0.1, -0.05) is 27.7 Å². The van der Waals surface area contributed by atoms with Gasteiger partial charge in [-0.05, 0) is 19.1 Å². The van der Waals surface area contributed by atoms with Crippen LogP contribution in [0.2, 0.25) is 0 Å². The SMILES string of the molecule is CC(C)C(=O)OCOP(=O)(OCOC(=O)C(C)C)OC[C@H]1O[C@@H](n2ccc(=O)[nH]c2=S)C(C)(O)[C@H]1O. The lowest BCUT2D eigenvalue weighted by Gasteiger charge is -2.28. The van der Waals surface area contributed by atoms with Gasteiger partial charge in [0.2, 0.25) is 13.6 Å². The second-order valence-corrected chi connectivity index (χ2v) is 10.7. The predicted octanol–water partition coefficient (Wildman–Crippen LogP) is 1.39. The van der Waals surface area contributed by atoms with Gasteiger partial charge >= 0.3 is 19.8 Å². The number of hydrogen-bond acceptors (Lipinski definition) is 13. The van der Waals surface area contributed by atoms with Crippen molar-refractivity contribution in [2.24, 2.45) is 11.8 Å². The third kappa shape index (κ3) is 7.76. The first kappa shape index (κ1) is 30.3. The fourth-order valence-electron chi connectivity index (χ4n) is 2.90. The Morgan fingerprint density at radius 2 is 1.69 bits per heavy atom. The zero-order valence-electron chi connectivity index (χ0n) is 20.4. The number of nitrogens with zero attached hydrogens (tertiary/aromatic N) is 1. The molecule has 36 heavy (non-hydrogen) atoms. The third-order valence-corrected chi connectivity index (χ3v) is 6.64. The summed E-state index contributed by atoms with van der Waals surface area (Å²) in [6.45, 7) is 5.37. The molecule has 0 spiro atoms. The highest BCUT2D eigenvalue weighted by Gasteiger charge is 2.53. The van der Waals surface area contributed by atoms with Gasteiger partial charge in [-0.2, -0.15) is 0 Å². The van der Waals surface area contributed by atoms with Gasteiger partial charge in [0.25, 0.3) is 5.56 Å². The lowest BCUT2D eigenvalue weighted by molar-refractivity contribution is -0.158. The Balaban J connectivity index is 2.12. The van der Waals surface area contributed by atoms with Gasteiger partial charge < -0.3 is 24.4 Å². The molecule has 0 saturated carbocycles. The molecule has 1 aromatic rings. The molecule has 1 fully saturated rings. The molecule has 1 aliphatic heterocycles. The van der Waals surface area contributed by atoms with Crippen LogP contribution in [0.3, 0.4) is 0 Å². The van der Waals surface area contributed by atoms with E-state index < -0.39 is 81.4 Å².